The topological polar surface area (TPSA) is 58.4 Å². The van der Waals surface area contributed by atoms with Crippen LogP contribution >= 0.6 is 0 Å². The summed E-state index contributed by atoms with van der Waals surface area (Å²) in [6.45, 7) is 7.62. The van der Waals surface area contributed by atoms with E-state index in [9.17, 15) is 4.79 Å². The third kappa shape index (κ3) is 4.10. The number of carbonyl (C=O) groups is 1. The van der Waals surface area contributed by atoms with Crippen LogP contribution in [0.5, 0.6) is 0 Å². The van der Waals surface area contributed by atoms with Gasteiger partial charge >= 0.3 is 0 Å². The molecule has 1 fully saturated rings. The Bertz CT molecular complexity index is 208. The Kier molecular flexibility index (Phi) is 5.77. The molecule has 4 nitrogen and oxygen atoms in total. The Morgan fingerprint density at radius 2 is 2.12 bits per heavy atom. The minimum Gasteiger partial charge on any atom is -0.356 e. The molecule has 1 aliphatic rings. The lowest BCUT2D eigenvalue weighted by Crippen LogP contribution is -2.46. The molecule has 16 heavy (non-hydrogen) atoms. The molecule has 3 N–H and O–H groups in total. The first-order chi connectivity index (χ1) is 7.67. The van der Waals surface area contributed by atoms with Gasteiger partial charge in [-0.05, 0) is 38.3 Å². The highest BCUT2D eigenvalue weighted by Crippen LogP contribution is 2.19. The van der Waals surface area contributed by atoms with Gasteiger partial charge in [0.1, 0.15) is 0 Å². The highest BCUT2D eigenvalue weighted by atomic mass is 16.1. The molecule has 1 rings (SSSR count). The van der Waals surface area contributed by atoms with Gasteiger partial charge in [-0.15, -0.1) is 0 Å². The van der Waals surface area contributed by atoms with Crippen molar-refractivity contribution in [3.05, 3.63) is 0 Å². The second-order valence-corrected chi connectivity index (χ2v) is 4.71. The van der Waals surface area contributed by atoms with Crippen LogP contribution in [-0.2, 0) is 4.79 Å². The average Bonchev–Trinajstić information content (AvgIpc) is 2.29. The molecule has 1 heterocycles. The number of nitrogens with two attached hydrogens (primary N) is 1. The molecular formula is C12H25N3O. The third-order valence-electron chi connectivity index (χ3n) is 3.55. The van der Waals surface area contributed by atoms with E-state index in [4.69, 9.17) is 5.73 Å². The van der Waals surface area contributed by atoms with Crippen molar-refractivity contribution in [1.29, 1.82) is 0 Å². The monoisotopic (exact) mass is 227 g/mol. The zero-order valence-electron chi connectivity index (χ0n) is 10.5. The molecule has 0 bridgehead atoms. The summed E-state index contributed by atoms with van der Waals surface area (Å²) in [4.78, 5) is 13.3. The van der Waals surface area contributed by atoms with Crippen molar-refractivity contribution in [3.63, 3.8) is 0 Å². The maximum atomic E-state index is 10.8. The molecule has 4 heteroatoms. The largest absolute Gasteiger partial charge is 0.356 e. The number of nitrogens with zero attached hydrogens (tertiary/aromatic N) is 1. The van der Waals surface area contributed by atoms with E-state index in [1.54, 1.807) is 6.92 Å². The summed E-state index contributed by atoms with van der Waals surface area (Å²) in [5, 5.41) is 2.91. The van der Waals surface area contributed by atoms with Crippen molar-refractivity contribution >= 4 is 5.91 Å². The van der Waals surface area contributed by atoms with E-state index >= 15 is 0 Å². The van der Waals surface area contributed by atoms with Crippen LogP contribution in [0.1, 0.15) is 33.1 Å². The van der Waals surface area contributed by atoms with Gasteiger partial charge in [0.15, 0.2) is 0 Å². The van der Waals surface area contributed by atoms with Crippen LogP contribution in [0.2, 0.25) is 0 Å². The summed E-state index contributed by atoms with van der Waals surface area (Å²) in [6, 6.07) is 0.543. The summed E-state index contributed by atoms with van der Waals surface area (Å²) in [5.41, 5.74) is 5.75. The quantitative estimate of drug-likeness (QED) is 0.722. The van der Waals surface area contributed by atoms with Gasteiger partial charge in [-0.2, -0.15) is 0 Å². The predicted molar refractivity (Wildman–Crippen MR) is 66.1 cm³/mol. The van der Waals surface area contributed by atoms with Gasteiger partial charge in [-0.3, -0.25) is 9.69 Å². The van der Waals surface area contributed by atoms with Crippen LogP contribution in [0, 0.1) is 5.92 Å². The van der Waals surface area contributed by atoms with Crippen LogP contribution in [0.3, 0.4) is 0 Å². The van der Waals surface area contributed by atoms with E-state index in [2.05, 4.69) is 17.1 Å². The van der Waals surface area contributed by atoms with E-state index in [-0.39, 0.29) is 5.91 Å². The maximum Gasteiger partial charge on any atom is 0.216 e. The van der Waals surface area contributed by atoms with E-state index in [0.717, 1.165) is 32.6 Å². The maximum absolute atomic E-state index is 10.8. The summed E-state index contributed by atoms with van der Waals surface area (Å²) in [7, 11) is 0. The zero-order chi connectivity index (χ0) is 12.0. The Morgan fingerprint density at radius 1 is 1.50 bits per heavy atom. The Morgan fingerprint density at radius 3 is 2.56 bits per heavy atom. The number of hydrogen-bond acceptors (Lipinski definition) is 3. The number of piperidine rings is 1. The first-order valence-corrected chi connectivity index (χ1v) is 6.35. The number of likely N-dealkylation sites (tertiary alicyclic amines) is 1. The molecule has 1 saturated heterocycles. The van der Waals surface area contributed by atoms with Gasteiger partial charge in [0.2, 0.25) is 5.91 Å². The first kappa shape index (κ1) is 13.5. The molecule has 1 unspecified atom stereocenters. The Hall–Kier alpha value is -0.610. The van der Waals surface area contributed by atoms with Crippen LogP contribution in [0.4, 0.5) is 0 Å². The average molecular weight is 227 g/mol. The van der Waals surface area contributed by atoms with Crippen LogP contribution < -0.4 is 11.1 Å². The Labute approximate surface area is 98.6 Å². The molecule has 0 aromatic carbocycles. The Balaban J connectivity index is 2.25. The van der Waals surface area contributed by atoms with Crippen LogP contribution in [-0.4, -0.2) is 43.0 Å². The van der Waals surface area contributed by atoms with Crippen molar-refractivity contribution in [3.8, 4) is 0 Å². The van der Waals surface area contributed by atoms with Crippen molar-refractivity contribution in [2.45, 2.75) is 39.2 Å². The summed E-state index contributed by atoms with van der Waals surface area (Å²) in [5.74, 6) is 0.728. The fourth-order valence-corrected chi connectivity index (χ4v) is 2.38. The minimum atomic E-state index is 0.0795. The number of nitrogens with one attached hydrogen (secondary N) is 1. The lowest BCUT2D eigenvalue weighted by atomic mass is 9.95. The highest BCUT2D eigenvalue weighted by molar-refractivity contribution is 5.72. The van der Waals surface area contributed by atoms with Crippen molar-refractivity contribution < 1.29 is 4.79 Å². The second-order valence-electron chi connectivity index (χ2n) is 4.71. The molecule has 1 atom stereocenters. The second kappa shape index (κ2) is 6.86. The lowest BCUT2D eigenvalue weighted by Gasteiger charge is -2.36. The highest BCUT2D eigenvalue weighted by Gasteiger charge is 2.23. The van der Waals surface area contributed by atoms with E-state index in [1.807, 2.05) is 0 Å². The third-order valence-corrected chi connectivity index (χ3v) is 3.55. The molecule has 0 radical (unpaired) electrons. The van der Waals surface area contributed by atoms with Crippen molar-refractivity contribution in [2.24, 2.45) is 11.7 Å². The lowest BCUT2D eigenvalue weighted by molar-refractivity contribution is -0.119. The summed E-state index contributed by atoms with van der Waals surface area (Å²) >= 11 is 0. The molecule has 0 aromatic rings. The van der Waals surface area contributed by atoms with Gasteiger partial charge in [-0.1, -0.05) is 6.92 Å². The van der Waals surface area contributed by atoms with Gasteiger partial charge in [0.25, 0.3) is 0 Å². The van der Waals surface area contributed by atoms with Crippen LogP contribution in [0.15, 0.2) is 0 Å². The standard InChI is InChI=1S/C12H25N3O/c1-3-12(8-13)15-6-4-11(5-7-15)9-14-10(2)16/h11-12H,3-9,13H2,1-2H3,(H,14,16). The van der Waals surface area contributed by atoms with Gasteiger partial charge < -0.3 is 11.1 Å². The molecular weight excluding hydrogens is 202 g/mol. The van der Waals surface area contributed by atoms with Crippen LogP contribution in [0.25, 0.3) is 0 Å². The predicted octanol–water partition coefficient (Wildman–Crippen LogP) is 0.572. The first-order valence-electron chi connectivity index (χ1n) is 6.35. The molecule has 94 valence electrons. The number of amides is 1. The number of hydrogen-bond donors (Lipinski definition) is 2. The normalized spacial score (nSPS) is 20.7. The van der Waals surface area contributed by atoms with Gasteiger partial charge in [0.05, 0.1) is 0 Å². The van der Waals surface area contributed by atoms with E-state index in [0.29, 0.717) is 12.0 Å². The molecule has 0 spiro atoms. The molecule has 0 saturated carbocycles. The smallest absolute Gasteiger partial charge is 0.216 e. The van der Waals surface area contributed by atoms with Gasteiger partial charge in [-0.25, -0.2) is 0 Å². The fourth-order valence-electron chi connectivity index (χ4n) is 2.38. The van der Waals surface area contributed by atoms with Crippen molar-refractivity contribution in [1.82, 2.24) is 10.2 Å². The minimum absolute atomic E-state index is 0.0795. The summed E-state index contributed by atoms with van der Waals surface area (Å²) < 4.78 is 0. The molecule has 0 aliphatic carbocycles. The SMILES string of the molecule is CCC(CN)N1CCC(CNC(C)=O)CC1. The molecule has 0 aromatic heterocycles. The van der Waals surface area contributed by atoms with Crippen molar-refractivity contribution in [2.75, 3.05) is 26.2 Å². The fraction of sp³-hybridized carbons (Fsp3) is 0.917. The summed E-state index contributed by atoms with van der Waals surface area (Å²) in [6.07, 6.45) is 3.49. The number of rotatable bonds is 5. The number of carbonyl (C=O) groups excluding carboxylic acids is 1. The van der Waals surface area contributed by atoms with Gasteiger partial charge in [0, 0.05) is 26.1 Å². The van der Waals surface area contributed by atoms with E-state index in [1.165, 1.54) is 12.8 Å². The molecule has 1 amide bonds. The molecule has 1 aliphatic heterocycles. The van der Waals surface area contributed by atoms with E-state index < -0.39 is 0 Å². The zero-order valence-corrected chi connectivity index (χ0v) is 10.5.